The molecule has 11 atom stereocenters. The van der Waals surface area contributed by atoms with Crippen molar-refractivity contribution < 1.29 is 58.2 Å². The molecule has 460 valence electrons. The number of hydrogen-bond donors (Lipinski definition) is 16. The third kappa shape index (κ3) is 21.7. The number of rotatable bonds is 21. The van der Waals surface area contributed by atoms with E-state index in [4.69, 9.17) is 22.9 Å². The standard InChI is InChI=1S/C55H88N16O12/c1-31(2)29-42-52(80)63-37(15-20-56)47(75)62-40(18-23-59)51(79)69-44(32(3)72)54(82)60-24-19-41(50(78)61-38(16-21-57)49(77)67-43(53(81)66-42)30-34-9-7-6-8-10-34)64-48(76)39(17-22-58)65-55(83)45(33(4)73)68-46(74)35-11-13-36(14-12-35)71-27-25-70(5)26-28-71/h6-14,31-33,37-45,72-73H,15-30,56-59H2,1-5H3,(H,60,82)(H,61,78)(H,62,75)(H,63,80)(H,64,76)(H,65,83)(H,66,81)(H,67,77)(H,68,74)(H,69,79)/t32?,33?,37-,38-,39-,40-,41-,42-,43+,44?,45-/m0/s1. The molecule has 10 amide bonds. The summed E-state index contributed by atoms with van der Waals surface area (Å²) in [5.41, 5.74) is 25.3. The molecule has 0 aliphatic carbocycles. The average Bonchev–Trinajstić information content (AvgIpc) is 3.63. The van der Waals surface area contributed by atoms with Crippen LogP contribution in [0.1, 0.15) is 82.1 Å². The number of hydrogen-bond acceptors (Lipinski definition) is 18. The lowest BCUT2D eigenvalue weighted by Gasteiger charge is -2.34. The lowest BCUT2D eigenvalue weighted by Crippen LogP contribution is -2.61. The molecule has 2 aliphatic heterocycles. The molecule has 3 unspecified atom stereocenters. The van der Waals surface area contributed by atoms with E-state index >= 15 is 0 Å². The molecule has 2 fully saturated rings. The molecule has 0 radical (unpaired) electrons. The zero-order valence-corrected chi connectivity index (χ0v) is 48.1. The molecule has 2 aromatic rings. The molecule has 4 rings (SSSR count). The van der Waals surface area contributed by atoms with Gasteiger partial charge in [0.15, 0.2) is 0 Å². The van der Waals surface area contributed by atoms with Crippen LogP contribution in [0.15, 0.2) is 54.6 Å². The molecular formula is C55H88N16O12. The topological polar surface area (TPSA) is 442 Å². The Morgan fingerprint density at radius 1 is 0.602 bits per heavy atom. The van der Waals surface area contributed by atoms with E-state index < -0.39 is 139 Å². The van der Waals surface area contributed by atoms with Gasteiger partial charge in [-0.05, 0) is 121 Å². The van der Waals surface area contributed by atoms with Crippen molar-refractivity contribution in [3.63, 3.8) is 0 Å². The van der Waals surface area contributed by atoms with Gasteiger partial charge in [-0.15, -0.1) is 0 Å². The van der Waals surface area contributed by atoms with Gasteiger partial charge in [0.2, 0.25) is 53.2 Å². The first kappa shape index (κ1) is 68.2. The van der Waals surface area contributed by atoms with Crippen LogP contribution < -0.4 is 81.0 Å². The molecule has 0 bridgehead atoms. The summed E-state index contributed by atoms with van der Waals surface area (Å²) in [5, 5.41) is 47.3. The number of carbonyl (C=O) groups excluding carboxylic acids is 10. The first-order chi connectivity index (χ1) is 39.5. The minimum absolute atomic E-state index is 0.0563. The lowest BCUT2D eigenvalue weighted by molar-refractivity contribution is -0.136. The predicted molar refractivity (Wildman–Crippen MR) is 308 cm³/mol. The summed E-state index contributed by atoms with van der Waals surface area (Å²) in [7, 11) is 2.03. The molecule has 20 N–H and O–H groups in total. The first-order valence-electron chi connectivity index (χ1n) is 28.3. The molecule has 2 aliphatic rings. The van der Waals surface area contributed by atoms with Gasteiger partial charge in [-0.2, -0.15) is 0 Å². The van der Waals surface area contributed by atoms with E-state index in [1.54, 1.807) is 68.4 Å². The number of aliphatic hydroxyl groups excluding tert-OH is 2. The van der Waals surface area contributed by atoms with Crippen LogP contribution in [0.4, 0.5) is 5.69 Å². The number of aliphatic hydroxyl groups is 2. The summed E-state index contributed by atoms with van der Waals surface area (Å²) in [4.78, 5) is 145. The van der Waals surface area contributed by atoms with Gasteiger partial charge in [-0.1, -0.05) is 44.2 Å². The Bertz CT molecular complexity index is 2480. The van der Waals surface area contributed by atoms with Gasteiger partial charge in [0.05, 0.1) is 12.2 Å². The summed E-state index contributed by atoms with van der Waals surface area (Å²) >= 11 is 0. The largest absolute Gasteiger partial charge is 0.391 e. The molecule has 2 heterocycles. The van der Waals surface area contributed by atoms with Crippen molar-refractivity contribution in [3.05, 3.63) is 65.7 Å². The van der Waals surface area contributed by atoms with E-state index in [2.05, 4.69) is 63.0 Å². The molecule has 28 heteroatoms. The second-order valence-corrected chi connectivity index (χ2v) is 21.4. The van der Waals surface area contributed by atoms with Crippen LogP contribution in [0.2, 0.25) is 0 Å². The number of likely N-dealkylation sites (N-methyl/N-ethyl adjacent to an activating group) is 1. The lowest BCUT2D eigenvalue weighted by atomic mass is 10.00. The normalized spacial score (nSPS) is 23.8. The Balaban J connectivity index is 1.70. The Morgan fingerprint density at radius 2 is 1.11 bits per heavy atom. The number of amides is 10. The van der Waals surface area contributed by atoms with Gasteiger partial charge >= 0.3 is 0 Å². The zero-order valence-electron chi connectivity index (χ0n) is 48.1. The number of piperazine rings is 1. The summed E-state index contributed by atoms with van der Waals surface area (Å²) in [5.74, 6) is -9.13. The number of nitrogens with one attached hydrogen (secondary N) is 10. The smallest absolute Gasteiger partial charge is 0.252 e. The van der Waals surface area contributed by atoms with E-state index in [0.717, 1.165) is 31.9 Å². The second-order valence-electron chi connectivity index (χ2n) is 21.4. The van der Waals surface area contributed by atoms with E-state index in [1.807, 2.05) is 7.05 Å². The molecule has 0 spiro atoms. The number of nitrogens with zero attached hydrogens (tertiary/aromatic N) is 2. The summed E-state index contributed by atoms with van der Waals surface area (Å²) < 4.78 is 0. The van der Waals surface area contributed by atoms with Crippen molar-refractivity contribution >= 4 is 64.8 Å². The fourth-order valence-corrected chi connectivity index (χ4v) is 9.29. The van der Waals surface area contributed by atoms with E-state index in [0.29, 0.717) is 5.56 Å². The highest BCUT2D eigenvalue weighted by Crippen LogP contribution is 2.18. The van der Waals surface area contributed by atoms with Crippen molar-refractivity contribution in [1.29, 1.82) is 0 Å². The highest BCUT2D eigenvalue weighted by molar-refractivity contribution is 6.00. The zero-order chi connectivity index (χ0) is 61.3. The minimum atomic E-state index is -1.67. The van der Waals surface area contributed by atoms with Crippen LogP contribution in [-0.4, -0.2) is 207 Å². The number of nitrogens with two attached hydrogens (primary N) is 4. The first-order valence-corrected chi connectivity index (χ1v) is 28.3. The van der Waals surface area contributed by atoms with Gasteiger partial charge in [-0.25, -0.2) is 0 Å². The number of benzene rings is 2. The maximum atomic E-state index is 14.5. The number of carbonyl (C=O) groups is 10. The van der Waals surface area contributed by atoms with E-state index in [-0.39, 0.29) is 76.2 Å². The number of anilines is 1. The maximum absolute atomic E-state index is 14.5. The van der Waals surface area contributed by atoms with Crippen LogP contribution in [0, 0.1) is 5.92 Å². The summed E-state index contributed by atoms with van der Waals surface area (Å²) in [6.07, 6.45) is -4.23. The van der Waals surface area contributed by atoms with Crippen molar-refractivity contribution in [2.45, 2.75) is 139 Å². The van der Waals surface area contributed by atoms with Crippen LogP contribution in [0.5, 0.6) is 0 Å². The van der Waals surface area contributed by atoms with Gasteiger partial charge in [0.1, 0.15) is 54.4 Å². The van der Waals surface area contributed by atoms with Crippen LogP contribution >= 0.6 is 0 Å². The Labute approximate surface area is 484 Å². The SMILES string of the molecule is CC(C)C[C@@H]1NC(=O)[C@@H](Cc2ccccc2)NC(=O)[C@H](CCN)NC(=O)[C@@H](NC(=O)[C@H](CCN)NC(=O)[C@@H](NC(=O)c2ccc(N3CCN(C)CC3)cc2)C(C)O)CCNC(=O)C(C(C)O)NC(=O)[C@H](CCN)NC(=O)[C@H](CCN)NC1=O. The second kappa shape index (κ2) is 34.3. The summed E-state index contributed by atoms with van der Waals surface area (Å²) in [6, 6.07) is 2.04. The van der Waals surface area contributed by atoms with Crippen molar-refractivity contribution in [2.75, 3.05) is 70.9 Å². The highest BCUT2D eigenvalue weighted by atomic mass is 16.3. The predicted octanol–water partition coefficient (Wildman–Crippen LogP) is -5.62. The molecular weight excluding hydrogens is 1080 g/mol. The van der Waals surface area contributed by atoms with Gasteiger partial charge in [0.25, 0.3) is 5.91 Å². The van der Waals surface area contributed by atoms with E-state index in [1.165, 1.54) is 13.8 Å². The fourth-order valence-electron chi connectivity index (χ4n) is 9.29. The van der Waals surface area contributed by atoms with Gasteiger partial charge < -0.3 is 96.1 Å². The van der Waals surface area contributed by atoms with Crippen LogP contribution in [0.25, 0.3) is 0 Å². The van der Waals surface area contributed by atoms with Crippen molar-refractivity contribution in [2.24, 2.45) is 28.9 Å². The van der Waals surface area contributed by atoms with Crippen LogP contribution in [-0.2, 0) is 49.6 Å². The summed E-state index contributed by atoms with van der Waals surface area (Å²) in [6.45, 7) is 8.34. The maximum Gasteiger partial charge on any atom is 0.252 e. The molecule has 2 aromatic carbocycles. The highest BCUT2D eigenvalue weighted by Gasteiger charge is 2.37. The quantitative estimate of drug-likeness (QED) is 0.0554. The van der Waals surface area contributed by atoms with Gasteiger partial charge in [0, 0.05) is 50.4 Å². The Morgan fingerprint density at radius 3 is 1.63 bits per heavy atom. The average molecular weight is 1170 g/mol. The molecule has 0 saturated carbocycles. The molecule has 83 heavy (non-hydrogen) atoms. The van der Waals surface area contributed by atoms with Crippen LogP contribution in [0.3, 0.4) is 0 Å². The van der Waals surface area contributed by atoms with E-state index in [9.17, 15) is 58.2 Å². The minimum Gasteiger partial charge on any atom is -0.391 e. The Kier molecular flexibility index (Phi) is 28.2. The molecule has 0 aromatic heterocycles. The van der Waals surface area contributed by atoms with Crippen molar-refractivity contribution in [3.8, 4) is 0 Å². The van der Waals surface area contributed by atoms with Crippen molar-refractivity contribution in [1.82, 2.24) is 58.1 Å². The molecule has 28 nitrogen and oxygen atoms in total. The third-order valence-corrected chi connectivity index (χ3v) is 14.1. The molecule has 2 saturated heterocycles. The Hall–Kier alpha value is -7.34. The third-order valence-electron chi connectivity index (χ3n) is 14.1. The fraction of sp³-hybridized carbons (Fsp3) is 0.600. The monoisotopic (exact) mass is 1160 g/mol. The van der Waals surface area contributed by atoms with Gasteiger partial charge in [-0.3, -0.25) is 47.9 Å².